The fourth-order valence-electron chi connectivity index (χ4n) is 11.5. The number of amides is 3. The number of nitrogens with zero attached hydrogens (tertiary/aromatic N) is 8. The summed E-state index contributed by atoms with van der Waals surface area (Å²) in [6.07, 6.45) is 16.5. The van der Waals surface area contributed by atoms with Crippen LogP contribution in [0.2, 0.25) is 0 Å². The van der Waals surface area contributed by atoms with Gasteiger partial charge in [-0.3, -0.25) is 28.4 Å². The molecule has 3 aromatic rings. The molecule has 1 saturated heterocycles. The molecule has 17 heteroatoms. The molecule has 5 atom stereocenters. The third-order valence-corrected chi connectivity index (χ3v) is 17.8. The van der Waals surface area contributed by atoms with E-state index < -0.39 is 26.7 Å². The number of hydrogen-bond donors (Lipinski definition) is 2. The fourth-order valence-corrected chi connectivity index (χ4v) is 13.5. The van der Waals surface area contributed by atoms with Crippen LogP contribution < -0.4 is 21.6 Å². The van der Waals surface area contributed by atoms with Gasteiger partial charge in [-0.05, 0) is 101 Å². The molecule has 63 heavy (non-hydrogen) atoms. The Bertz CT molecular complexity index is 2470. The Morgan fingerprint density at radius 2 is 1.75 bits per heavy atom. The van der Waals surface area contributed by atoms with Crippen LogP contribution in [-0.2, 0) is 43.3 Å². The second kappa shape index (κ2) is 17.4. The standard InChI is InChI=1S/C46H64N10O6S/c1-29-11-9-14-35(29)56-42-34(46(23-24-46)43(56)59)28-48-44(51-42)49-31-21-25-54(26-22-31)63(61,62)33-18-17-32(27-33)52(2)39(58)16-8-6-4-5-7-12-30-13-10-15-36-40(30)53(3)45(60)55(36)37-19-20-38(57)50-41(37)47/h10,13,15,28-29,31-33,35,37H,4-9,11-12,14,16-27H2,1-3H3,(H2,47,50,57)(H,48,49,51). The van der Waals surface area contributed by atoms with Crippen LogP contribution in [-0.4, -0.2) is 104 Å². The Morgan fingerprint density at radius 3 is 2.48 bits per heavy atom. The number of hydrogen-bond acceptors (Lipinski definition) is 10. The number of fused-ring (bicyclic) bond motifs is 3. The number of rotatable bonds is 15. The van der Waals surface area contributed by atoms with E-state index in [9.17, 15) is 27.6 Å². The van der Waals surface area contributed by atoms with Crippen LogP contribution in [0.3, 0.4) is 0 Å². The average molecular weight is 885 g/mol. The molecule has 3 saturated carbocycles. The first-order chi connectivity index (χ1) is 30.3. The van der Waals surface area contributed by atoms with Crippen molar-refractivity contribution in [3.63, 3.8) is 0 Å². The molecule has 0 bridgehead atoms. The molecule has 3 N–H and O–H groups in total. The van der Waals surface area contributed by atoms with E-state index in [1.54, 1.807) is 25.4 Å². The number of carbonyl (C=O) groups excluding carboxylic acids is 3. The van der Waals surface area contributed by atoms with Gasteiger partial charge in [0.15, 0.2) is 0 Å². The average Bonchev–Trinajstić information content (AvgIpc) is 3.47. The van der Waals surface area contributed by atoms with Gasteiger partial charge in [0.1, 0.15) is 11.7 Å². The van der Waals surface area contributed by atoms with Gasteiger partial charge in [0.05, 0.1) is 27.7 Å². The Hall–Kier alpha value is -4.64. The highest BCUT2D eigenvalue weighted by molar-refractivity contribution is 7.89. The normalized spacial score (nSPS) is 26.2. The zero-order chi connectivity index (χ0) is 44.2. The summed E-state index contributed by atoms with van der Waals surface area (Å²) in [6.45, 7) is 3.08. The molecule has 3 aliphatic carbocycles. The monoisotopic (exact) mass is 884 g/mol. The molecule has 5 heterocycles. The molecule has 16 nitrogen and oxygen atoms in total. The highest BCUT2D eigenvalue weighted by Crippen LogP contribution is 2.58. The lowest BCUT2D eigenvalue weighted by atomic mass is 10.0. The maximum atomic E-state index is 13.9. The van der Waals surface area contributed by atoms with E-state index in [4.69, 9.17) is 10.7 Å². The molecular weight excluding hydrogens is 821 g/mol. The summed E-state index contributed by atoms with van der Waals surface area (Å²) in [7, 11) is 0.0842. The predicted octanol–water partition coefficient (Wildman–Crippen LogP) is 5.08. The number of benzene rings is 1. The lowest BCUT2D eigenvalue weighted by Gasteiger charge is -2.33. The Kier molecular flexibility index (Phi) is 12.0. The van der Waals surface area contributed by atoms with Crippen LogP contribution in [0.4, 0.5) is 11.8 Å². The smallest absolute Gasteiger partial charge is 0.329 e. The molecule has 5 unspecified atom stereocenters. The predicted molar refractivity (Wildman–Crippen MR) is 242 cm³/mol. The van der Waals surface area contributed by atoms with Crippen molar-refractivity contribution in [3.8, 4) is 0 Å². The first kappa shape index (κ1) is 43.6. The maximum Gasteiger partial charge on any atom is 0.329 e. The summed E-state index contributed by atoms with van der Waals surface area (Å²) in [6, 6.07) is 5.65. The largest absolute Gasteiger partial charge is 0.385 e. The van der Waals surface area contributed by atoms with Gasteiger partial charge >= 0.3 is 5.69 Å². The van der Waals surface area contributed by atoms with Gasteiger partial charge in [0.25, 0.3) is 0 Å². The lowest BCUT2D eigenvalue weighted by Crippen LogP contribution is -2.46. The Labute approximate surface area is 370 Å². The molecule has 340 valence electrons. The van der Waals surface area contributed by atoms with Crippen LogP contribution >= 0.6 is 0 Å². The van der Waals surface area contributed by atoms with Gasteiger partial charge in [-0.25, -0.2) is 22.5 Å². The van der Waals surface area contributed by atoms with Crippen molar-refractivity contribution in [1.82, 2.24) is 28.3 Å². The quantitative estimate of drug-likeness (QED) is 0.194. The van der Waals surface area contributed by atoms with Gasteiger partial charge in [0, 0.05) is 69.9 Å². The van der Waals surface area contributed by atoms with Gasteiger partial charge in [-0.1, -0.05) is 44.7 Å². The molecule has 0 radical (unpaired) electrons. The summed E-state index contributed by atoms with van der Waals surface area (Å²) in [5, 5.41) is 2.99. The molecule has 4 fully saturated rings. The minimum Gasteiger partial charge on any atom is -0.385 e. The third kappa shape index (κ3) is 8.10. The zero-order valence-electron chi connectivity index (χ0n) is 37.1. The van der Waals surface area contributed by atoms with Crippen molar-refractivity contribution in [3.05, 3.63) is 46.0 Å². The number of imidazole rings is 1. The van der Waals surface area contributed by atoms with Crippen molar-refractivity contribution in [2.24, 2.45) is 23.7 Å². The number of nitrogens with two attached hydrogens (primary N) is 1. The van der Waals surface area contributed by atoms with Gasteiger partial charge in [-0.2, -0.15) is 9.98 Å². The minimum atomic E-state index is -3.51. The van der Waals surface area contributed by atoms with Gasteiger partial charge in [0.2, 0.25) is 33.7 Å². The van der Waals surface area contributed by atoms with E-state index in [0.29, 0.717) is 69.9 Å². The van der Waals surface area contributed by atoms with E-state index in [2.05, 4.69) is 28.3 Å². The summed E-state index contributed by atoms with van der Waals surface area (Å²) >= 11 is 0. The number of piperidine rings is 1. The van der Waals surface area contributed by atoms with Crippen molar-refractivity contribution in [1.29, 1.82) is 0 Å². The summed E-state index contributed by atoms with van der Waals surface area (Å²) in [5.74, 6) is 1.92. The summed E-state index contributed by atoms with van der Waals surface area (Å²) < 4.78 is 32.8. The number of para-hydroxylation sites is 1. The first-order valence-electron chi connectivity index (χ1n) is 23.6. The first-order valence-corrected chi connectivity index (χ1v) is 25.1. The SMILES string of the molecule is CC1CCCC1N1C(=O)C2(CC2)c2cnc(NC3CCN(S(=O)(=O)C4CCC(N(C)C(=O)CCCCCCCc5cccc6c5n(C)c(=O)n6C5CCC(=O)N=C5N)C4)CC3)nc21. The van der Waals surface area contributed by atoms with Crippen LogP contribution in [0.5, 0.6) is 0 Å². The number of aryl methyl sites for hydroxylation is 2. The van der Waals surface area contributed by atoms with Crippen molar-refractivity contribution < 1.29 is 22.8 Å². The fraction of sp³-hybridized carbons (Fsp3) is 0.674. The number of aromatic nitrogens is 4. The molecule has 9 rings (SSSR count). The van der Waals surface area contributed by atoms with Crippen molar-refractivity contribution in [2.45, 2.75) is 164 Å². The third-order valence-electron chi connectivity index (χ3n) is 15.5. The van der Waals surface area contributed by atoms with Crippen molar-refractivity contribution in [2.75, 3.05) is 30.4 Å². The Morgan fingerprint density at radius 1 is 0.984 bits per heavy atom. The molecule has 3 aliphatic heterocycles. The second-order valence-electron chi connectivity index (χ2n) is 19.4. The Balaban J connectivity index is 0.701. The van der Waals surface area contributed by atoms with Crippen LogP contribution in [0.25, 0.3) is 11.0 Å². The molecule has 6 aliphatic rings. The van der Waals surface area contributed by atoms with Gasteiger partial charge in [-0.15, -0.1) is 0 Å². The highest BCUT2D eigenvalue weighted by atomic mass is 32.2. The van der Waals surface area contributed by atoms with Gasteiger partial charge < -0.3 is 16.0 Å². The van der Waals surface area contributed by atoms with E-state index in [0.717, 1.165) is 98.6 Å². The van der Waals surface area contributed by atoms with Crippen LogP contribution in [0, 0.1) is 5.92 Å². The highest BCUT2D eigenvalue weighted by Gasteiger charge is 2.62. The van der Waals surface area contributed by atoms with E-state index in [1.807, 2.05) is 30.3 Å². The van der Waals surface area contributed by atoms with Crippen LogP contribution in [0.15, 0.2) is 34.2 Å². The van der Waals surface area contributed by atoms with E-state index >= 15 is 0 Å². The second-order valence-corrected chi connectivity index (χ2v) is 21.6. The molecule has 1 aromatic carbocycles. The number of nitrogens with one attached hydrogen (secondary N) is 1. The molecule has 2 aromatic heterocycles. The minimum absolute atomic E-state index is 0.0311. The molecule has 3 amide bonds. The van der Waals surface area contributed by atoms with Crippen molar-refractivity contribution >= 4 is 56.4 Å². The molecule has 1 spiro atoms. The number of amidine groups is 1. The number of sulfonamides is 1. The number of aliphatic imine (C=N–C) groups is 1. The van der Waals surface area contributed by atoms with Crippen LogP contribution in [0.1, 0.15) is 140 Å². The topological polar surface area (TPSA) is 198 Å². The number of anilines is 2. The summed E-state index contributed by atoms with van der Waals surface area (Å²) in [4.78, 5) is 69.3. The van der Waals surface area contributed by atoms with E-state index in [-0.39, 0.29) is 53.8 Å². The zero-order valence-corrected chi connectivity index (χ0v) is 38.0. The number of unbranched alkanes of at least 4 members (excludes halogenated alkanes) is 4. The maximum absolute atomic E-state index is 13.9. The number of carbonyl (C=O) groups is 3. The lowest BCUT2D eigenvalue weighted by molar-refractivity contribution is -0.132. The summed E-state index contributed by atoms with van der Waals surface area (Å²) in [5.41, 5.74) is 9.27. The van der Waals surface area contributed by atoms with E-state index in [1.165, 1.54) is 0 Å². The molecular formula is C46H64N10O6S.